The number of aliphatic hydroxyl groups excluding tert-OH is 1. The van der Waals surface area contributed by atoms with E-state index in [1.165, 1.54) is 26.4 Å². The molecule has 1 aliphatic heterocycles. The number of benzene rings is 1. The lowest BCUT2D eigenvalue weighted by atomic mass is 10.1. The number of hydrogen-bond donors (Lipinski definition) is 1. The number of aromatic nitrogens is 1. The van der Waals surface area contributed by atoms with Crippen LogP contribution in [0.1, 0.15) is 29.8 Å². The Labute approximate surface area is 164 Å². The van der Waals surface area contributed by atoms with Gasteiger partial charge in [0.1, 0.15) is 11.5 Å². The number of rotatable bonds is 6. The number of ether oxygens (including phenoxy) is 1. The molecule has 0 amide bonds. The van der Waals surface area contributed by atoms with Crippen LogP contribution < -0.4 is 0 Å². The van der Waals surface area contributed by atoms with E-state index in [2.05, 4.69) is 4.90 Å². The SMILES string of the molecule is COC(=O)c1cc2oc(-c3ccccc3)cc2n1C[C@@H](O)CN1CCCCC1. The van der Waals surface area contributed by atoms with Crippen LogP contribution in [0.2, 0.25) is 0 Å². The highest BCUT2D eigenvalue weighted by molar-refractivity contribution is 5.95. The summed E-state index contributed by atoms with van der Waals surface area (Å²) in [4.78, 5) is 14.5. The summed E-state index contributed by atoms with van der Waals surface area (Å²) in [6.45, 7) is 2.96. The maximum atomic E-state index is 12.3. The monoisotopic (exact) mass is 382 g/mol. The Morgan fingerprint density at radius 3 is 2.61 bits per heavy atom. The van der Waals surface area contributed by atoms with Crippen molar-refractivity contribution in [3.05, 3.63) is 48.2 Å². The number of hydrogen-bond acceptors (Lipinski definition) is 5. The van der Waals surface area contributed by atoms with Crippen LogP contribution in [0.15, 0.2) is 46.9 Å². The summed E-state index contributed by atoms with van der Waals surface area (Å²) in [5, 5.41) is 10.7. The number of esters is 1. The number of likely N-dealkylation sites (tertiary alicyclic amines) is 1. The summed E-state index contributed by atoms with van der Waals surface area (Å²) >= 11 is 0. The third kappa shape index (κ3) is 3.84. The third-order valence-corrected chi connectivity index (χ3v) is 5.35. The van der Waals surface area contributed by atoms with Crippen molar-refractivity contribution in [3.63, 3.8) is 0 Å². The van der Waals surface area contributed by atoms with Gasteiger partial charge >= 0.3 is 5.97 Å². The lowest BCUT2D eigenvalue weighted by molar-refractivity contribution is 0.0576. The van der Waals surface area contributed by atoms with E-state index in [0.29, 0.717) is 24.4 Å². The minimum absolute atomic E-state index is 0.318. The fourth-order valence-electron chi connectivity index (χ4n) is 3.97. The number of methoxy groups -OCH3 is 1. The van der Waals surface area contributed by atoms with Gasteiger partial charge in [-0.1, -0.05) is 36.8 Å². The third-order valence-electron chi connectivity index (χ3n) is 5.35. The molecule has 1 aliphatic rings. The predicted molar refractivity (Wildman–Crippen MR) is 107 cm³/mol. The van der Waals surface area contributed by atoms with E-state index in [4.69, 9.17) is 9.15 Å². The molecule has 1 aromatic carbocycles. The minimum Gasteiger partial charge on any atom is -0.464 e. The quantitative estimate of drug-likeness (QED) is 0.661. The highest BCUT2D eigenvalue weighted by Gasteiger charge is 2.23. The van der Waals surface area contributed by atoms with Crippen molar-refractivity contribution in [1.29, 1.82) is 0 Å². The van der Waals surface area contributed by atoms with Gasteiger partial charge in [0.15, 0.2) is 5.58 Å². The Bertz CT molecular complexity index is 938. The van der Waals surface area contributed by atoms with E-state index in [1.807, 2.05) is 41.0 Å². The second-order valence-electron chi connectivity index (χ2n) is 7.37. The minimum atomic E-state index is -0.577. The van der Waals surface area contributed by atoms with Crippen LogP contribution in [0.4, 0.5) is 0 Å². The topological polar surface area (TPSA) is 67.8 Å². The average molecular weight is 382 g/mol. The number of carbonyl (C=O) groups excluding carboxylic acids is 1. The number of piperidine rings is 1. The van der Waals surface area contributed by atoms with Crippen molar-refractivity contribution >= 4 is 17.1 Å². The van der Waals surface area contributed by atoms with Gasteiger partial charge in [-0.25, -0.2) is 4.79 Å². The molecule has 3 aromatic rings. The molecular weight excluding hydrogens is 356 g/mol. The molecule has 3 heterocycles. The van der Waals surface area contributed by atoms with Crippen molar-refractivity contribution in [1.82, 2.24) is 9.47 Å². The summed E-state index contributed by atoms with van der Waals surface area (Å²) < 4.78 is 12.7. The van der Waals surface area contributed by atoms with Gasteiger partial charge in [-0.15, -0.1) is 0 Å². The number of nitrogens with zero attached hydrogens (tertiary/aromatic N) is 2. The molecule has 1 N–H and O–H groups in total. The van der Waals surface area contributed by atoms with Crippen LogP contribution in [0, 0.1) is 0 Å². The van der Waals surface area contributed by atoms with Crippen molar-refractivity contribution in [2.45, 2.75) is 31.9 Å². The number of aliphatic hydroxyl groups is 1. The molecule has 6 nitrogen and oxygen atoms in total. The summed E-state index contributed by atoms with van der Waals surface area (Å²) in [5.74, 6) is 0.305. The van der Waals surface area contributed by atoms with Gasteiger partial charge in [0, 0.05) is 24.2 Å². The summed E-state index contributed by atoms with van der Waals surface area (Å²) in [5.41, 5.74) is 2.77. The first kappa shape index (κ1) is 18.8. The largest absolute Gasteiger partial charge is 0.464 e. The van der Waals surface area contributed by atoms with E-state index in [0.717, 1.165) is 29.9 Å². The molecule has 148 valence electrons. The van der Waals surface area contributed by atoms with E-state index < -0.39 is 12.1 Å². The predicted octanol–water partition coefficient (Wildman–Crippen LogP) is 3.53. The molecule has 0 bridgehead atoms. The Kier molecular flexibility index (Phi) is 5.50. The molecule has 6 heteroatoms. The molecular formula is C22H26N2O4. The van der Waals surface area contributed by atoms with Gasteiger partial charge in [-0.05, 0) is 25.9 Å². The van der Waals surface area contributed by atoms with E-state index in [9.17, 15) is 9.90 Å². The molecule has 1 fully saturated rings. The van der Waals surface area contributed by atoms with Crippen LogP contribution in [-0.2, 0) is 11.3 Å². The molecule has 0 spiro atoms. The fraction of sp³-hybridized carbons (Fsp3) is 0.409. The first-order valence-corrected chi connectivity index (χ1v) is 9.83. The Hall–Kier alpha value is -2.57. The normalized spacial score (nSPS) is 16.4. The van der Waals surface area contributed by atoms with Crippen molar-refractivity contribution in [2.75, 3.05) is 26.7 Å². The Balaban J connectivity index is 1.63. The molecule has 1 saturated heterocycles. The summed E-state index contributed by atoms with van der Waals surface area (Å²) in [6, 6.07) is 13.4. The van der Waals surface area contributed by atoms with Gasteiger partial charge in [-0.3, -0.25) is 0 Å². The lowest BCUT2D eigenvalue weighted by Crippen LogP contribution is -2.38. The molecule has 0 unspecified atom stereocenters. The first-order valence-electron chi connectivity index (χ1n) is 9.83. The van der Waals surface area contributed by atoms with Gasteiger partial charge in [0.05, 0.1) is 25.3 Å². The molecule has 0 aliphatic carbocycles. The molecule has 0 saturated carbocycles. The summed E-state index contributed by atoms with van der Waals surface area (Å²) in [7, 11) is 1.36. The van der Waals surface area contributed by atoms with Crippen LogP contribution in [-0.4, -0.2) is 53.4 Å². The molecule has 28 heavy (non-hydrogen) atoms. The van der Waals surface area contributed by atoms with Crippen LogP contribution >= 0.6 is 0 Å². The van der Waals surface area contributed by atoms with Gasteiger partial charge in [0.2, 0.25) is 0 Å². The summed E-state index contributed by atoms with van der Waals surface area (Å²) in [6.07, 6.45) is 3.04. The standard InChI is InChI=1S/C22H26N2O4/c1-27-22(26)19-13-21-18(12-20(28-21)16-8-4-2-5-9-16)24(19)15-17(25)14-23-10-6-3-7-11-23/h2,4-5,8-9,12-13,17,25H,3,6-7,10-11,14-15H2,1H3/t17-/m0/s1. The van der Waals surface area contributed by atoms with Crippen molar-refractivity contribution in [2.24, 2.45) is 0 Å². The Morgan fingerprint density at radius 1 is 1.14 bits per heavy atom. The van der Waals surface area contributed by atoms with Crippen molar-refractivity contribution in [3.8, 4) is 11.3 Å². The van der Waals surface area contributed by atoms with E-state index >= 15 is 0 Å². The van der Waals surface area contributed by atoms with Crippen LogP contribution in [0.3, 0.4) is 0 Å². The van der Waals surface area contributed by atoms with Gasteiger partial charge in [0.25, 0.3) is 0 Å². The van der Waals surface area contributed by atoms with Gasteiger partial charge < -0.3 is 23.7 Å². The second kappa shape index (κ2) is 8.20. The molecule has 1 atom stereocenters. The lowest BCUT2D eigenvalue weighted by Gasteiger charge is -2.28. The zero-order valence-electron chi connectivity index (χ0n) is 16.1. The number of fused-ring (bicyclic) bond motifs is 1. The average Bonchev–Trinajstić information content (AvgIpc) is 3.28. The first-order chi connectivity index (χ1) is 13.7. The maximum Gasteiger partial charge on any atom is 0.354 e. The zero-order chi connectivity index (χ0) is 19.5. The molecule has 4 rings (SSSR count). The highest BCUT2D eigenvalue weighted by atomic mass is 16.5. The number of carbonyl (C=O) groups is 1. The number of furan rings is 1. The second-order valence-corrected chi connectivity index (χ2v) is 7.37. The molecule has 0 radical (unpaired) electrons. The van der Waals surface area contributed by atoms with Gasteiger partial charge in [-0.2, -0.15) is 0 Å². The highest BCUT2D eigenvalue weighted by Crippen LogP contribution is 2.30. The Morgan fingerprint density at radius 2 is 1.89 bits per heavy atom. The number of β-amino-alcohol motifs (C(OH)–C–C–N with tert-alkyl or cyclic N) is 1. The van der Waals surface area contributed by atoms with E-state index in [1.54, 1.807) is 6.07 Å². The maximum absolute atomic E-state index is 12.3. The van der Waals surface area contributed by atoms with E-state index in [-0.39, 0.29) is 0 Å². The van der Waals surface area contributed by atoms with Crippen molar-refractivity contribution < 1.29 is 19.1 Å². The van der Waals surface area contributed by atoms with Crippen LogP contribution in [0.5, 0.6) is 0 Å². The molecule has 2 aromatic heterocycles. The fourth-order valence-corrected chi connectivity index (χ4v) is 3.97. The zero-order valence-corrected chi connectivity index (χ0v) is 16.1. The smallest absolute Gasteiger partial charge is 0.354 e. The van der Waals surface area contributed by atoms with Crippen LogP contribution in [0.25, 0.3) is 22.4 Å².